The van der Waals surface area contributed by atoms with E-state index in [-0.39, 0.29) is 0 Å². The minimum absolute atomic E-state index is 0.438. The van der Waals surface area contributed by atoms with Crippen molar-refractivity contribution in [2.24, 2.45) is 11.8 Å². The Bertz CT molecular complexity index is 117. The fourth-order valence-electron chi connectivity index (χ4n) is 2.02. The van der Waals surface area contributed by atoms with E-state index in [4.69, 9.17) is 0 Å². The molecule has 0 aromatic rings. The summed E-state index contributed by atoms with van der Waals surface area (Å²) in [5, 5.41) is 4.51. The Labute approximate surface area is 88.8 Å². The fraction of sp³-hybridized carbons (Fsp3) is 0.833. The predicted octanol–water partition coefficient (Wildman–Crippen LogP) is 4.37. The van der Waals surface area contributed by atoms with Gasteiger partial charge in [-0.15, -0.1) is 6.58 Å². The first-order chi connectivity index (χ1) is 6.06. The first kappa shape index (κ1) is 13.3. The van der Waals surface area contributed by atoms with Gasteiger partial charge < -0.3 is 0 Å². The van der Waals surface area contributed by atoms with Gasteiger partial charge in [0.25, 0.3) is 14.1 Å². The lowest BCUT2D eigenvalue weighted by molar-refractivity contribution is 0.686. The van der Waals surface area contributed by atoms with Crippen molar-refractivity contribution in [3.63, 3.8) is 0 Å². The summed E-state index contributed by atoms with van der Waals surface area (Å²) in [7, 11) is 0. The quantitative estimate of drug-likeness (QED) is 0.419. The SMILES string of the molecule is C=CC[CH2][Al]([CH2]C(C)C)[CH2]C(C)C. The van der Waals surface area contributed by atoms with Crippen LogP contribution in [0.2, 0.25) is 15.8 Å². The molecule has 13 heavy (non-hydrogen) atoms. The van der Waals surface area contributed by atoms with Gasteiger partial charge in [0, 0.05) is 0 Å². The van der Waals surface area contributed by atoms with Crippen molar-refractivity contribution in [2.75, 3.05) is 0 Å². The third-order valence-corrected chi connectivity index (χ3v) is 6.76. The van der Waals surface area contributed by atoms with Gasteiger partial charge in [-0.2, -0.15) is 0 Å². The van der Waals surface area contributed by atoms with E-state index < -0.39 is 14.1 Å². The summed E-state index contributed by atoms with van der Waals surface area (Å²) in [6.45, 7) is 13.2. The minimum Gasteiger partial charge on any atom is -0.103 e. The Balaban J connectivity index is 3.79. The van der Waals surface area contributed by atoms with Crippen molar-refractivity contribution < 1.29 is 0 Å². The van der Waals surface area contributed by atoms with Crippen LogP contribution in [0.1, 0.15) is 34.1 Å². The molecule has 0 N–H and O–H groups in total. The fourth-order valence-corrected chi connectivity index (χ4v) is 6.06. The standard InChI is InChI=1S/2C4H9.C4H7.Al/c2*1-4(2)3;1-3-4-2;/h2*4H,1H2,2-3H3;3H,1-2,4H2;. The van der Waals surface area contributed by atoms with E-state index in [2.05, 4.69) is 40.3 Å². The zero-order valence-electron chi connectivity index (χ0n) is 9.84. The summed E-state index contributed by atoms with van der Waals surface area (Å²) >= 11 is -0.438. The zero-order valence-corrected chi connectivity index (χ0v) is 11.0. The Kier molecular flexibility index (Phi) is 7.82. The lowest BCUT2D eigenvalue weighted by Crippen LogP contribution is -2.16. The van der Waals surface area contributed by atoms with Gasteiger partial charge >= 0.3 is 0 Å². The molecule has 76 valence electrons. The number of hydrogen-bond donors (Lipinski definition) is 0. The lowest BCUT2D eigenvalue weighted by atomic mass is 10.3. The highest BCUT2D eigenvalue weighted by molar-refractivity contribution is 6.58. The van der Waals surface area contributed by atoms with Crippen LogP contribution in [-0.2, 0) is 0 Å². The Hall–Kier alpha value is 0.272. The molecule has 0 nitrogen and oxygen atoms in total. The molecular weight excluding hydrogens is 171 g/mol. The molecule has 0 rings (SSSR count). The maximum absolute atomic E-state index is 3.81. The van der Waals surface area contributed by atoms with Gasteiger partial charge in [0.1, 0.15) is 0 Å². The third-order valence-electron chi connectivity index (χ3n) is 2.39. The normalized spacial score (nSPS) is 10.9. The lowest BCUT2D eigenvalue weighted by Gasteiger charge is -2.15. The highest BCUT2D eigenvalue weighted by Crippen LogP contribution is 2.18. The molecule has 0 unspecified atom stereocenters. The number of hydrogen-bond acceptors (Lipinski definition) is 0. The highest BCUT2D eigenvalue weighted by atomic mass is 27.2. The molecule has 1 heteroatoms. The molecule has 0 aliphatic carbocycles. The molecule has 0 saturated carbocycles. The maximum Gasteiger partial charge on any atom is 0.262 e. The molecule has 0 radical (unpaired) electrons. The zero-order chi connectivity index (χ0) is 10.3. The van der Waals surface area contributed by atoms with Crippen LogP contribution in [0.25, 0.3) is 0 Å². The molecule has 0 bridgehead atoms. The van der Waals surface area contributed by atoms with Gasteiger partial charge in [-0.05, 0) is 6.42 Å². The average molecular weight is 196 g/mol. The summed E-state index contributed by atoms with van der Waals surface area (Å²) in [6.07, 6.45) is 3.33. The number of allylic oxidation sites excluding steroid dienone is 1. The van der Waals surface area contributed by atoms with E-state index in [0.717, 1.165) is 11.8 Å². The molecule has 0 spiro atoms. The third kappa shape index (κ3) is 8.60. The van der Waals surface area contributed by atoms with Crippen LogP contribution in [0.3, 0.4) is 0 Å². The van der Waals surface area contributed by atoms with Crippen molar-refractivity contribution in [1.29, 1.82) is 0 Å². The number of rotatable bonds is 7. The molecule has 0 heterocycles. The first-order valence-electron chi connectivity index (χ1n) is 5.67. The van der Waals surface area contributed by atoms with Crippen LogP contribution >= 0.6 is 0 Å². The van der Waals surface area contributed by atoms with Crippen molar-refractivity contribution >= 4 is 14.1 Å². The second-order valence-corrected chi connectivity index (χ2v) is 8.24. The van der Waals surface area contributed by atoms with E-state index in [9.17, 15) is 0 Å². The van der Waals surface area contributed by atoms with E-state index in [1.807, 2.05) is 0 Å². The summed E-state index contributed by atoms with van der Waals surface area (Å²) in [5.74, 6) is 1.81. The monoisotopic (exact) mass is 196 g/mol. The molecule has 0 aliphatic rings. The van der Waals surface area contributed by atoms with Gasteiger partial charge in [0.2, 0.25) is 0 Å². The van der Waals surface area contributed by atoms with Crippen LogP contribution < -0.4 is 0 Å². The smallest absolute Gasteiger partial charge is 0.103 e. The molecule has 0 aromatic carbocycles. The van der Waals surface area contributed by atoms with Crippen molar-refractivity contribution in [3.8, 4) is 0 Å². The Morgan fingerprint density at radius 3 is 1.85 bits per heavy atom. The van der Waals surface area contributed by atoms with Crippen LogP contribution in [0.15, 0.2) is 12.7 Å². The van der Waals surface area contributed by atoms with Gasteiger partial charge in [0.15, 0.2) is 0 Å². The topological polar surface area (TPSA) is 0 Å². The van der Waals surface area contributed by atoms with Crippen LogP contribution in [0.4, 0.5) is 0 Å². The summed E-state index contributed by atoms with van der Waals surface area (Å²) < 4.78 is 0. The van der Waals surface area contributed by atoms with Crippen molar-refractivity contribution in [2.45, 2.75) is 50.0 Å². The Morgan fingerprint density at radius 2 is 1.54 bits per heavy atom. The molecule has 0 saturated heterocycles. The van der Waals surface area contributed by atoms with Crippen molar-refractivity contribution in [1.82, 2.24) is 0 Å². The molecule has 0 atom stereocenters. The summed E-state index contributed by atoms with van der Waals surface area (Å²) in [5.41, 5.74) is 0. The van der Waals surface area contributed by atoms with E-state index >= 15 is 0 Å². The predicted molar refractivity (Wildman–Crippen MR) is 64.7 cm³/mol. The molecule has 0 aliphatic heterocycles. The average Bonchev–Trinajstić information content (AvgIpc) is 1.98. The summed E-state index contributed by atoms with van der Waals surface area (Å²) in [6, 6.07) is 0. The van der Waals surface area contributed by atoms with Gasteiger partial charge in [-0.3, -0.25) is 0 Å². The van der Waals surface area contributed by atoms with Crippen LogP contribution in [0.5, 0.6) is 0 Å². The van der Waals surface area contributed by atoms with E-state index in [1.165, 1.54) is 22.3 Å². The summed E-state index contributed by atoms with van der Waals surface area (Å²) in [4.78, 5) is 0. The van der Waals surface area contributed by atoms with Crippen molar-refractivity contribution in [3.05, 3.63) is 12.7 Å². The second-order valence-electron chi connectivity index (χ2n) is 4.99. The minimum atomic E-state index is -0.438. The van der Waals surface area contributed by atoms with E-state index in [0.29, 0.717) is 0 Å². The van der Waals surface area contributed by atoms with E-state index in [1.54, 1.807) is 0 Å². The molecule has 0 amide bonds. The highest BCUT2D eigenvalue weighted by Gasteiger charge is 2.18. The van der Waals surface area contributed by atoms with Gasteiger partial charge in [-0.25, -0.2) is 0 Å². The van der Waals surface area contributed by atoms with Gasteiger partial charge in [-0.1, -0.05) is 61.5 Å². The largest absolute Gasteiger partial charge is 0.262 e. The van der Waals surface area contributed by atoms with Crippen LogP contribution in [0, 0.1) is 11.8 Å². The first-order valence-corrected chi connectivity index (χ1v) is 8.12. The Morgan fingerprint density at radius 1 is 1.08 bits per heavy atom. The van der Waals surface area contributed by atoms with Gasteiger partial charge in [0.05, 0.1) is 0 Å². The molecule has 0 fully saturated rings. The maximum atomic E-state index is 3.81. The molecule has 0 aromatic heterocycles. The second kappa shape index (κ2) is 7.66. The van der Waals surface area contributed by atoms with Crippen LogP contribution in [-0.4, -0.2) is 14.1 Å². The molecular formula is C12H25Al.